The molecule has 2 aliphatic heterocycles. The number of rotatable bonds is 1. The van der Waals surface area contributed by atoms with E-state index in [2.05, 4.69) is 0 Å². The van der Waals surface area contributed by atoms with Crippen molar-refractivity contribution in [2.45, 2.75) is 56.1 Å². The number of hydrogen-bond acceptors (Lipinski definition) is 6. The van der Waals surface area contributed by atoms with Gasteiger partial charge in [-0.05, 0) is 40.7 Å². The predicted octanol–water partition coefficient (Wildman–Crippen LogP) is 3.02. The minimum absolute atomic E-state index is 0.108. The van der Waals surface area contributed by atoms with Gasteiger partial charge in [0.05, 0.1) is 11.5 Å². The van der Waals surface area contributed by atoms with E-state index in [0.29, 0.717) is 17.0 Å². The van der Waals surface area contributed by atoms with Gasteiger partial charge in [0, 0.05) is 29.8 Å². The highest BCUT2D eigenvalue weighted by Gasteiger charge is 2.64. The molecular formula is C17H22N2O5S. The first-order valence-corrected chi connectivity index (χ1v) is 9.60. The van der Waals surface area contributed by atoms with Crippen molar-refractivity contribution >= 4 is 21.2 Å². The molecule has 0 saturated carbocycles. The summed E-state index contributed by atoms with van der Waals surface area (Å²) in [5.41, 5.74) is -0.335. The van der Waals surface area contributed by atoms with E-state index in [-0.39, 0.29) is 18.7 Å². The molecule has 0 amide bonds. The van der Waals surface area contributed by atoms with Crippen LogP contribution in [0.2, 0.25) is 0 Å². The Morgan fingerprint density at radius 1 is 1.24 bits per heavy atom. The van der Waals surface area contributed by atoms with Gasteiger partial charge in [0.15, 0.2) is 9.84 Å². The van der Waals surface area contributed by atoms with Crippen LogP contribution in [-0.2, 0) is 15.4 Å². The lowest BCUT2D eigenvalue weighted by Crippen LogP contribution is -2.63. The molecule has 0 aliphatic carbocycles. The van der Waals surface area contributed by atoms with Crippen molar-refractivity contribution < 1.29 is 18.1 Å². The van der Waals surface area contributed by atoms with Crippen LogP contribution in [0.1, 0.15) is 46.6 Å². The second kappa shape index (κ2) is 5.03. The van der Waals surface area contributed by atoms with Gasteiger partial charge in [0.25, 0.3) is 5.69 Å². The van der Waals surface area contributed by atoms with E-state index in [9.17, 15) is 18.5 Å². The van der Waals surface area contributed by atoms with E-state index in [0.717, 1.165) is 0 Å². The van der Waals surface area contributed by atoms with Gasteiger partial charge in [-0.25, -0.2) is 8.42 Å². The van der Waals surface area contributed by atoms with Gasteiger partial charge in [0.2, 0.25) is 0 Å². The van der Waals surface area contributed by atoms with Crippen LogP contribution in [0.15, 0.2) is 23.2 Å². The quantitative estimate of drug-likeness (QED) is 0.562. The number of hydrogen-bond donors (Lipinski definition) is 0. The van der Waals surface area contributed by atoms with E-state index in [1.165, 1.54) is 18.2 Å². The summed E-state index contributed by atoms with van der Waals surface area (Å²) in [6.07, 6.45) is 0.258. The Morgan fingerprint density at radius 2 is 1.88 bits per heavy atom. The lowest BCUT2D eigenvalue weighted by Gasteiger charge is -2.50. The number of nitro groups is 1. The standard InChI is InChI=1S/C17H22N2O5S/c1-11-15(2,3)25(22,23)16(4)8-9-24-14-7-6-12(19(20)21)10-13(14)17(16,5)18-11/h6-7,10H,8-9H2,1-5H3/t16?,17-/m1/s1. The van der Waals surface area contributed by atoms with Gasteiger partial charge >= 0.3 is 0 Å². The van der Waals surface area contributed by atoms with E-state index >= 15 is 0 Å². The SMILES string of the molecule is CC1=N[C@]2(C)c3cc([N+](=O)[O-])ccc3OCCC2(C)S(=O)(=O)C1(C)C. The molecule has 2 heterocycles. The van der Waals surface area contributed by atoms with Crippen LogP contribution in [0.25, 0.3) is 0 Å². The number of aliphatic imine (C=N–C) groups is 1. The average Bonchev–Trinajstić information content (AvgIpc) is 2.62. The smallest absolute Gasteiger partial charge is 0.270 e. The van der Waals surface area contributed by atoms with Gasteiger partial charge in [-0.15, -0.1) is 0 Å². The second-order valence-electron chi connectivity index (χ2n) is 7.55. The van der Waals surface area contributed by atoms with E-state index in [1.807, 2.05) is 0 Å². The van der Waals surface area contributed by atoms with Gasteiger partial charge in [-0.1, -0.05) is 0 Å². The van der Waals surface area contributed by atoms with E-state index in [4.69, 9.17) is 9.73 Å². The van der Waals surface area contributed by atoms with Crippen molar-refractivity contribution in [2.24, 2.45) is 4.99 Å². The molecule has 0 N–H and O–H groups in total. The third-order valence-electron chi connectivity index (χ3n) is 6.09. The van der Waals surface area contributed by atoms with E-state index in [1.54, 1.807) is 34.6 Å². The Balaban J connectivity index is 2.42. The minimum atomic E-state index is -3.65. The number of nitrogens with zero attached hydrogens (tertiary/aromatic N) is 2. The summed E-state index contributed by atoms with van der Waals surface area (Å²) in [6, 6.07) is 4.29. The maximum absolute atomic E-state index is 13.5. The summed E-state index contributed by atoms with van der Waals surface area (Å²) < 4.78 is 30.4. The Bertz CT molecular complexity index is 906. The molecule has 1 unspecified atom stereocenters. The van der Waals surface area contributed by atoms with Crippen molar-refractivity contribution in [3.05, 3.63) is 33.9 Å². The zero-order valence-corrected chi connectivity index (χ0v) is 15.8. The van der Waals surface area contributed by atoms with Crippen LogP contribution in [0.5, 0.6) is 5.75 Å². The van der Waals surface area contributed by atoms with Gasteiger partial charge in [0.1, 0.15) is 20.8 Å². The summed E-state index contributed by atoms with van der Waals surface area (Å²) in [5, 5.41) is 11.2. The summed E-state index contributed by atoms with van der Waals surface area (Å²) in [5.74, 6) is 0.447. The summed E-state index contributed by atoms with van der Waals surface area (Å²) in [4.78, 5) is 15.5. The van der Waals surface area contributed by atoms with Crippen molar-refractivity contribution in [3.63, 3.8) is 0 Å². The predicted molar refractivity (Wildman–Crippen MR) is 95.1 cm³/mol. The lowest BCUT2D eigenvalue weighted by atomic mass is 9.77. The van der Waals surface area contributed by atoms with Crippen molar-refractivity contribution in [1.29, 1.82) is 0 Å². The summed E-state index contributed by atoms with van der Waals surface area (Å²) in [7, 11) is -3.65. The Morgan fingerprint density at radius 3 is 2.48 bits per heavy atom. The zero-order chi connectivity index (χ0) is 18.8. The van der Waals surface area contributed by atoms with Crippen LogP contribution in [0.3, 0.4) is 0 Å². The van der Waals surface area contributed by atoms with Crippen molar-refractivity contribution in [1.82, 2.24) is 0 Å². The summed E-state index contributed by atoms with van der Waals surface area (Å²) >= 11 is 0. The Labute approximate surface area is 147 Å². The first-order valence-electron chi connectivity index (χ1n) is 8.11. The molecule has 136 valence electrons. The number of nitro benzene ring substituents is 1. The number of non-ortho nitro benzene ring substituents is 1. The number of fused-ring (bicyclic) bond motifs is 3. The third-order valence-corrected chi connectivity index (χ3v) is 9.52. The number of ether oxygens (including phenoxy) is 1. The maximum Gasteiger partial charge on any atom is 0.270 e. The average molecular weight is 366 g/mol. The zero-order valence-electron chi connectivity index (χ0n) is 15.0. The molecule has 25 heavy (non-hydrogen) atoms. The van der Waals surface area contributed by atoms with Crippen LogP contribution < -0.4 is 4.74 Å². The molecule has 0 fully saturated rings. The van der Waals surface area contributed by atoms with Crippen LogP contribution >= 0.6 is 0 Å². The third kappa shape index (κ3) is 2.03. The molecule has 8 heteroatoms. The number of benzene rings is 1. The van der Waals surface area contributed by atoms with Crippen LogP contribution in [0, 0.1) is 10.1 Å². The molecule has 1 aromatic rings. The Hall–Kier alpha value is -1.96. The molecule has 1 aromatic carbocycles. The lowest BCUT2D eigenvalue weighted by molar-refractivity contribution is -0.385. The van der Waals surface area contributed by atoms with Gasteiger partial charge in [-0.2, -0.15) is 0 Å². The fourth-order valence-corrected chi connectivity index (χ4v) is 6.42. The molecule has 2 atom stereocenters. The minimum Gasteiger partial charge on any atom is -0.493 e. The first-order chi connectivity index (χ1) is 11.4. The van der Waals surface area contributed by atoms with E-state index < -0.39 is 29.8 Å². The summed E-state index contributed by atoms with van der Waals surface area (Å²) in [6.45, 7) is 8.64. The Kier molecular flexibility index (Phi) is 3.59. The molecule has 2 aliphatic rings. The van der Waals surface area contributed by atoms with Crippen LogP contribution in [-0.4, -0.2) is 35.2 Å². The first kappa shape index (κ1) is 17.8. The molecule has 0 aromatic heterocycles. The largest absolute Gasteiger partial charge is 0.493 e. The second-order valence-corrected chi connectivity index (χ2v) is 10.5. The van der Waals surface area contributed by atoms with Crippen molar-refractivity contribution in [3.8, 4) is 5.75 Å². The number of sulfone groups is 1. The van der Waals surface area contributed by atoms with Gasteiger partial charge in [-0.3, -0.25) is 15.1 Å². The molecule has 0 saturated heterocycles. The highest BCUT2D eigenvalue weighted by molar-refractivity contribution is 7.95. The van der Waals surface area contributed by atoms with Crippen molar-refractivity contribution in [2.75, 3.05) is 6.61 Å². The highest BCUT2D eigenvalue weighted by Crippen LogP contribution is 2.55. The molecular weight excluding hydrogens is 344 g/mol. The fourth-order valence-electron chi connectivity index (χ4n) is 3.82. The maximum atomic E-state index is 13.5. The normalized spacial score (nSPS) is 32.4. The van der Waals surface area contributed by atoms with Gasteiger partial charge < -0.3 is 4.74 Å². The monoisotopic (exact) mass is 366 g/mol. The fraction of sp³-hybridized carbons (Fsp3) is 0.588. The molecule has 0 radical (unpaired) electrons. The topological polar surface area (TPSA) is 98.9 Å². The highest BCUT2D eigenvalue weighted by atomic mass is 32.2. The molecule has 0 spiro atoms. The van der Waals surface area contributed by atoms with Crippen LogP contribution in [0.4, 0.5) is 5.69 Å². The molecule has 7 nitrogen and oxygen atoms in total. The molecule has 3 rings (SSSR count). The molecule has 0 bridgehead atoms.